The van der Waals surface area contributed by atoms with Gasteiger partial charge in [-0.1, -0.05) is 5.16 Å². The average Bonchev–Trinajstić information content (AvgIpc) is 2.86. The number of rotatable bonds is 5. The van der Waals surface area contributed by atoms with Crippen molar-refractivity contribution in [3.05, 3.63) is 41.8 Å². The Balaban J connectivity index is 1.94. The van der Waals surface area contributed by atoms with Crippen molar-refractivity contribution in [1.82, 2.24) is 10.1 Å². The monoisotopic (exact) mass is 269 g/mol. The van der Waals surface area contributed by atoms with E-state index in [0.29, 0.717) is 11.6 Å². The van der Waals surface area contributed by atoms with Gasteiger partial charge in [0, 0.05) is 4.90 Å². The molecule has 1 heterocycles. The maximum atomic E-state index is 12.7. The number of thioether (sulfide) groups is 1. The van der Waals surface area contributed by atoms with Gasteiger partial charge in [0.25, 0.3) is 0 Å². The third-order valence-corrected chi connectivity index (χ3v) is 3.19. The number of nitrogens with two attached hydrogens (primary N) is 1. The number of hydrogen-bond acceptors (Lipinski definition) is 6. The van der Waals surface area contributed by atoms with Crippen molar-refractivity contribution in [1.29, 1.82) is 0 Å². The van der Waals surface area contributed by atoms with Crippen LogP contribution < -0.4 is 5.73 Å². The lowest BCUT2D eigenvalue weighted by Gasteiger charge is -1.99. The Morgan fingerprint density at radius 3 is 2.78 bits per heavy atom. The van der Waals surface area contributed by atoms with E-state index in [-0.39, 0.29) is 18.3 Å². The summed E-state index contributed by atoms with van der Waals surface area (Å²) in [5.41, 5.74) is 5.54. The minimum absolute atomic E-state index is 0.215. The summed E-state index contributed by atoms with van der Waals surface area (Å²) in [7, 11) is 0. The molecule has 0 saturated carbocycles. The van der Waals surface area contributed by atoms with E-state index in [1.807, 2.05) is 0 Å². The van der Waals surface area contributed by atoms with Crippen molar-refractivity contribution in [2.24, 2.45) is 5.73 Å². The fraction of sp³-hybridized carbons (Fsp3) is 0.273. The predicted molar refractivity (Wildman–Crippen MR) is 64.3 cm³/mol. The average molecular weight is 269 g/mol. The van der Waals surface area contributed by atoms with Crippen molar-refractivity contribution in [2.75, 3.05) is 6.61 Å². The molecule has 0 radical (unpaired) electrons. The summed E-state index contributed by atoms with van der Waals surface area (Å²) in [6.45, 7) is -0.243. The fourth-order valence-electron chi connectivity index (χ4n) is 1.23. The first-order valence-corrected chi connectivity index (χ1v) is 6.25. The summed E-state index contributed by atoms with van der Waals surface area (Å²) in [5, 5.41) is 12.6. The molecular formula is C11H12FN3O2S. The molecule has 0 saturated heterocycles. The smallest absolute Gasteiger partial charge is 0.245 e. The van der Waals surface area contributed by atoms with Crippen LogP contribution in [0.1, 0.15) is 17.8 Å². The van der Waals surface area contributed by atoms with Gasteiger partial charge in [-0.15, -0.1) is 11.8 Å². The summed E-state index contributed by atoms with van der Waals surface area (Å²) in [5.74, 6) is 0.929. The van der Waals surface area contributed by atoms with Crippen molar-refractivity contribution in [2.45, 2.75) is 16.7 Å². The molecule has 3 N–H and O–H groups in total. The largest absolute Gasteiger partial charge is 0.394 e. The molecule has 2 rings (SSSR count). The summed E-state index contributed by atoms with van der Waals surface area (Å²) in [6.07, 6.45) is 0. The molecule has 0 bridgehead atoms. The fourth-order valence-corrected chi connectivity index (χ4v) is 1.98. The van der Waals surface area contributed by atoms with Gasteiger partial charge in [-0.25, -0.2) is 4.39 Å². The second-order valence-electron chi connectivity index (χ2n) is 3.58. The van der Waals surface area contributed by atoms with Crippen LogP contribution in [0.25, 0.3) is 0 Å². The van der Waals surface area contributed by atoms with Crippen LogP contribution in [-0.4, -0.2) is 21.9 Å². The van der Waals surface area contributed by atoms with Gasteiger partial charge in [0.05, 0.1) is 12.4 Å². The van der Waals surface area contributed by atoms with E-state index in [2.05, 4.69) is 10.1 Å². The molecule has 7 heteroatoms. The summed E-state index contributed by atoms with van der Waals surface area (Å²) < 4.78 is 17.6. The van der Waals surface area contributed by atoms with Crippen molar-refractivity contribution in [3.63, 3.8) is 0 Å². The zero-order valence-electron chi connectivity index (χ0n) is 9.41. The molecule has 5 nitrogen and oxygen atoms in total. The second kappa shape index (κ2) is 5.94. The lowest BCUT2D eigenvalue weighted by Crippen LogP contribution is -2.14. The first-order chi connectivity index (χ1) is 8.69. The van der Waals surface area contributed by atoms with Gasteiger partial charge in [0.15, 0.2) is 5.82 Å². The lowest BCUT2D eigenvalue weighted by atomic mass is 10.3. The number of aliphatic hydroxyl groups is 1. The van der Waals surface area contributed by atoms with Crippen molar-refractivity contribution < 1.29 is 14.0 Å². The Morgan fingerprint density at radius 1 is 1.39 bits per heavy atom. The summed E-state index contributed by atoms with van der Waals surface area (Å²) in [6, 6.07) is 5.50. The number of aromatic nitrogens is 2. The maximum absolute atomic E-state index is 12.7. The van der Waals surface area contributed by atoms with Crippen molar-refractivity contribution in [3.8, 4) is 0 Å². The van der Waals surface area contributed by atoms with Gasteiger partial charge in [-0.3, -0.25) is 0 Å². The Bertz CT molecular complexity index is 503. The minimum atomic E-state index is -0.651. The van der Waals surface area contributed by atoms with Crippen LogP contribution >= 0.6 is 11.8 Å². The summed E-state index contributed by atoms with van der Waals surface area (Å²) in [4.78, 5) is 4.97. The molecule has 0 aliphatic rings. The zero-order chi connectivity index (χ0) is 13.0. The standard InChI is InChI=1S/C11H12FN3O2S/c12-7-1-3-8(4-2-7)18-6-10-14-11(17-15-10)9(13)5-16/h1-4,9,16H,5-6,13H2/t9-/m1/s1. The Kier molecular flexibility index (Phi) is 4.29. The molecule has 0 unspecified atom stereocenters. The molecular weight excluding hydrogens is 257 g/mol. The highest BCUT2D eigenvalue weighted by Crippen LogP contribution is 2.22. The van der Waals surface area contributed by atoms with Gasteiger partial charge in [0.1, 0.15) is 11.9 Å². The quantitative estimate of drug-likeness (QED) is 0.800. The molecule has 18 heavy (non-hydrogen) atoms. The Labute approximate surface area is 107 Å². The molecule has 0 fully saturated rings. The molecule has 1 aromatic heterocycles. The van der Waals surface area contributed by atoms with Crippen molar-refractivity contribution >= 4 is 11.8 Å². The maximum Gasteiger partial charge on any atom is 0.245 e. The van der Waals surface area contributed by atoms with E-state index in [1.54, 1.807) is 12.1 Å². The first-order valence-electron chi connectivity index (χ1n) is 5.26. The van der Waals surface area contributed by atoms with Crippen LogP contribution in [0.15, 0.2) is 33.7 Å². The van der Waals surface area contributed by atoms with Crippen LogP contribution in [0.3, 0.4) is 0 Å². The van der Waals surface area contributed by atoms with Gasteiger partial charge < -0.3 is 15.4 Å². The minimum Gasteiger partial charge on any atom is -0.394 e. The zero-order valence-corrected chi connectivity index (χ0v) is 10.2. The SMILES string of the molecule is N[C@H](CO)c1nc(CSc2ccc(F)cc2)no1. The highest BCUT2D eigenvalue weighted by molar-refractivity contribution is 7.98. The van der Waals surface area contributed by atoms with Crippen LogP contribution in [0.4, 0.5) is 4.39 Å². The number of aliphatic hydroxyl groups excluding tert-OH is 1. The molecule has 1 aromatic carbocycles. The first kappa shape index (κ1) is 13.0. The van der Waals surface area contributed by atoms with E-state index in [9.17, 15) is 4.39 Å². The van der Waals surface area contributed by atoms with E-state index in [4.69, 9.17) is 15.4 Å². The Hall–Kier alpha value is -1.44. The highest BCUT2D eigenvalue weighted by Gasteiger charge is 2.13. The molecule has 0 aliphatic heterocycles. The van der Waals surface area contributed by atoms with Gasteiger partial charge in [-0.05, 0) is 24.3 Å². The molecule has 0 amide bonds. The number of nitrogens with zero attached hydrogens (tertiary/aromatic N) is 2. The van der Waals surface area contributed by atoms with Gasteiger partial charge >= 0.3 is 0 Å². The molecule has 96 valence electrons. The molecule has 2 aromatic rings. The third kappa shape index (κ3) is 3.28. The van der Waals surface area contributed by atoms with E-state index in [0.717, 1.165) is 4.90 Å². The van der Waals surface area contributed by atoms with Crippen LogP contribution in [0.2, 0.25) is 0 Å². The molecule has 1 atom stereocenters. The van der Waals surface area contributed by atoms with Gasteiger partial charge in [-0.2, -0.15) is 4.98 Å². The number of benzene rings is 1. The third-order valence-electron chi connectivity index (χ3n) is 2.18. The Morgan fingerprint density at radius 2 is 2.11 bits per heavy atom. The molecule has 0 aliphatic carbocycles. The highest BCUT2D eigenvalue weighted by atomic mass is 32.2. The van der Waals surface area contributed by atoms with Crippen LogP contribution in [0, 0.1) is 5.82 Å². The molecule has 0 spiro atoms. The van der Waals surface area contributed by atoms with Gasteiger partial charge in [0.2, 0.25) is 5.89 Å². The number of hydrogen-bond donors (Lipinski definition) is 2. The normalized spacial score (nSPS) is 12.6. The topological polar surface area (TPSA) is 85.2 Å². The van der Waals surface area contributed by atoms with E-state index in [1.165, 1.54) is 23.9 Å². The number of halogens is 1. The van der Waals surface area contributed by atoms with Crippen LogP contribution in [0.5, 0.6) is 0 Å². The van der Waals surface area contributed by atoms with E-state index >= 15 is 0 Å². The summed E-state index contributed by atoms with van der Waals surface area (Å²) >= 11 is 1.46. The second-order valence-corrected chi connectivity index (χ2v) is 4.63. The predicted octanol–water partition coefficient (Wildman–Crippen LogP) is 1.49. The van der Waals surface area contributed by atoms with Crippen LogP contribution in [-0.2, 0) is 5.75 Å². The van der Waals surface area contributed by atoms with E-state index < -0.39 is 6.04 Å². The lowest BCUT2D eigenvalue weighted by molar-refractivity contribution is 0.236.